The zero-order valence-corrected chi connectivity index (χ0v) is 11.5. The van der Waals surface area contributed by atoms with Crippen LogP contribution in [0.1, 0.15) is 20.8 Å². The summed E-state index contributed by atoms with van der Waals surface area (Å²) in [4.78, 5) is 11.7. The molecular formula is C15H19N3O. The molecular weight excluding hydrogens is 238 g/mol. The summed E-state index contributed by atoms with van der Waals surface area (Å²) < 4.78 is 2.01. The zero-order valence-electron chi connectivity index (χ0n) is 11.5. The molecule has 0 saturated carbocycles. The van der Waals surface area contributed by atoms with E-state index in [1.54, 1.807) is 0 Å². The van der Waals surface area contributed by atoms with E-state index in [9.17, 15) is 4.79 Å². The van der Waals surface area contributed by atoms with Crippen molar-refractivity contribution in [1.82, 2.24) is 9.88 Å². The van der Waals surface area contributed by atoms with Crippen LogP contribution >= 0.6 is 0 Å². The maximum Gasteiger partial charge on any atom is 0.319 e. The quantitative estimate of drug-likeness (QED) is 0.851. The molecule has 2 rings (SSSR count). The van der Waals surface area contributed by atoms with Crippen LogP contribution in [-0.2, 0) is 0 Å². The summed E-state index contributed by atoms with van der Waals surface area (Å²) in [5.41, 5.74) is 1.60. The molecule has 2 N–H and O–H groups in total. The molecule has 1 aromatic carbocycles. The minimum Gasteiger partial charge on any atom is -0.333 e. The second-order valence-electron chi connectivity index (χ2n) is 5.47. The number of rotatable bonds is 2. The topological polar surface area (TPSA) is 46.1 Å². The van der Waals surface area contributed by atoms with Crippen molar-refractivity contribution in [3.8, 4) is 5.69 Å². The summed E-state index contributed by atoms with van der Waals surface area (Å²) in [5.74, 6) is 0. The molecule has 100 valence electrons. The molecule has 1 aromatic heterocycles. The van der Waals surface area contributed by atoms with Gasteiger partial charge in [0.05, 0.1) is 0 Å². The second-order valence-corrected chi connectivity index (χ2v) is 5.47. The molecule has 0 unspecified atom stereocenters. The third kappa shape index (κ3) is 3.88. The predicted molar refractivity (Wildman–Crippen MR) is 77.7 cm³/mol. The third-order valence-corrected chi connectivity index (χ3v) is 2.52. The Balaban J connectivity index is 2.01. The van der Waals surface area contributed by atoms with Crippen LogP contribution < -0.4 is 10.6 Å². The summed E-state index contributed by atoms with van der Waals surface area (Å²) in [5, 5.41) is 5.67. The largest absolute Gasteiger partial charge is 0.333 e. The molecule has 0 aliphatic rings. The molecule has 2 amide bonds. The van der Waals surface area contributed by atoms with Crippen LogP contribution in [0.15, 0.2) is 48.8 Å². The van der Waals surface area contributed by atoms with E-state index in [1.807, 2.05) is 74.1 Å². The highest BCUT2D eigenvalue weighted by Crippen LogP contribution is 2.13. The molecule has 19 heavy (non-hydrogen) atoms. The summed E-state index contributed by atoms with van der Waals surface area (Å²) >= 11 is 0. The van der Waals surface area contributed by atoms with Gasteiger partial charge in [0, 0.05) is 29.3 Å². The fourth-order valence-corrected chi connectivity index (χ4v) is 1.73. The van der Waals surface area contributed by atoms with E-state index >= 15 is 0 Å². The number of anilines is 1. The fourth-order valence-electron chi connectivity index (χ4n) is 1.73. The molecule has 0 aliphatic heterocycles. The number of hydrogen-bond donors (Lipinski definition) is 2. The van der Waals surface area contributed by atoms with Crippen molar-refractivity contribution in [3.63, 3.8) is 0 Å². The Bertz CT molecular complexity index is 536. The Morgan fingerprint density at radius 3 is 2.16 bits per heavy atom. The Kier molecular flexibility index (Phi) is 3.60. The average molecular weight is 257 g/mol. The van der Waals surface area contributed by atoms with Gasteiger partial charge in [-0.25, -0.2) is 4.79 Å². The smallest absolute Gasteiger partial charge is 0.319 e. The molecule has 1 heterocycles. The number of nitrogens with one attached hydrogen (secondary N) is 2. The Morgan fingerprint density at radius 1 is 1.05 bits per heavy atom. The van der Waals surface area contributed by atoms with Crippen LogP contribution in [-0.4, -0.2) is 16.1 Å². The van der Waals surface area contributed by atoms with Crippen LogP contribution in [0.4, 0.5) is 10.5 Å². The standard InChI is InChI=1S/C15H19N3O/c1-15(2,3)17-14(19)16-12-6-8-13(9-7-12)18-10-4-5-11-18/h4-11H,1-3H3,(H2,16,17,19). The first-order valence-corrected chi connectivity index (χ1v) is 6.27. The molecule has 0 saturated heterocycles. The van der Waals surface area contributed by atoms with Crippen LogP contribution in [0.2, 0.25) is 0 Å². The summed E-state index contributed by atoms with van der Waals surface area (Å²) in [7, 11) is 0. The molecule has 0 bridgehead atoms. The third-order valence-electron chi connectivity index (χ3n) is 2.52. The van der Waals surface area contributed by atoms with Crippen molar-refractivity contribution in [2.45, 2.75) is 26.3 Å². The van der Waals surface area contributed by atoms with Crippen molar-refractivity contribution < 1.29 is 4.79 Å². The first kappa shape index (κ1) is 13.2. The van der Waals surface area contributed by atoms with E-state index in [1.165, 1.54) is 0 Å². The minimum absolute atomic E-state index is 0.193. The summed E-state index contributed by atoms with van der Waals surface area (Å²) in [6.45, 7) is 5.84. The Labute approximate surface area is 113 Å². The molecule has 4 heteroatoms. The van der Waals surface area contributed by atoms with Gasteiger partial charge in [-0.3, -0.25) is 0 Å². The van der Waals surface area contributed by atoms with Gasteiger partial charge in [0.2, 0.25) is 0 Å². The normalized spacial score (nSPS) is 11.1. The number of carbonyl (C=O) groups is 1. The molecule has 0 fully saturated rings. The van der Waals surface area contributed by atoms with E-state index in [4.69, 9.17) is 0 Å². The number of nitrogens with zero attached hydrogens (tertiary/aromatic N) is 1. The minimum atomic E-state index is -0.241. The lowest BCUT2D eigenvalue weighted by molar-refractivity contribution is 0.244. The van der Waals surface area contributed by atoms with E-state index < -0.39 is 0 Å². The van der Waals surface area contributed by atoms with Gasteiger partial charge in [0.1, 0.15) is 0 Å². The highest BCUT2D eigenvalue weighted by molar-refractivity contribution is 5.89. The second kappa shape index (κ2) is 5.18. The lowest BCUT2D eigenvalue weighted by atomic mass is 10.1. The van der Waals surface area contributed by atoms with Crippen LogP contribution in [0.5, 0.6) is 0 Å². The van der Waals surface area contributed by atoms with Gasteiger partial charge in [0.25, 0.3) is 0 Å². The average Bonchev–Trinajstić information content (AvgIpc) is 2.80. The molecule has 0 aliphatic carbocycles. The molecule has 0 spiro atoms. The number of urea groups is 1. The van der Waals surface area contributed by atoms with Crippen molar-refractivity contribution in [1.29, 1.82) is 0 Å². The van der Waals surface area contributed by atoms with Crippen molar-refractivity contribution in [2.24, 2.45) is 0 Å². The van der Waals surface area contributed by atoms with Gasteiger partial charge in [0.15, 0.2) is 0 Å². The summed E-state index contributed by atoms with van der Waals surface area (Å²) in [6, 6.07) is 11.5. The van der Waals surface area contributed by atoms with Crippen LogP contribution in [0.25, 0.3) is 5.69 Å². The van der Waals surface area contributed by atoms with Gasteiger partial charge in [-0.05, 0) is 57.2 Å². The van der Waals surface area contributed by atoms with Gasteiger partial charge in [-0.15, -0.1) is 0 Å². The SMILES string of the molecule is CC(C)(C)NC(=O)Nc1ccc(-n2cccc2)cc1. The lowest BCUT2D eigenvalue weighted by Gasteiger charge is -2.20. The van der Waals surface area contributed by atoms with Gasteiger partial charge in [-0.2, -0.15) is 0 Å². The number of benzene rings is 1. The maximum absolute atomic E-state index is 11.7. The maximum atomic E-state index is 11.7. The van der Waals surface area contributed by atoms with E-state index in [2.05, 4.69) is 10.6 Å². The predicted octanol–water partition coefficient (Wildman–Crippen LogP) is 3.40. The van der Waals surface area contributed by atoms with Crippen molar-refractivity contribution in [3.05, 3.63) is 48.8 Å². The van der Waals surface area contributed by atoms with Gasteiger partial charge < -0.3 is 15.2 Å². The van der Waals surface area contributed by atoms with Crippen molar-refractivity contribution >= 4 is 11.7 Å². The van der Waals surface area contributed by atoms with Crippen LogP contribution in [0.3, 0.4) is 0 Å². The monoisotopic (exact) mass is 257 g/mol. The molecule has 4 nitrogen and oxygen atoms in total. The highest BCUT2D eigenvalue weighted by atomic mass is 16.2. The highest BCUT2D eigenvalue weighted by Gasteiger charge is 2.13. The van der Waals surface area contributed by atoms with Crippen molar-refractivity contribution in [2.75, 3.05) is 5.32 Å². The molecule has 0 atom stereocenters. The lowest BCUT2D eigenvalue weighted by Crippen LogP contribution is -2.43. The van der Waals surface area contributed by atoms with E-state index in [0.717, 1.165) is 11.4 Å². The number of carbonyl (C=O) groups excluding carboxylic acids is 1. The van der Waals surface area contributed by atoms with Gasteiger partial charge in [-0.1, -0.05) is 0 Å². The molecule has 0 radical (unpaired) electrons. The number of aromatic nitrogens is 1. The molecule has 2 aromatic rings. The van der Waals surface area contributed by atoms with Gasteiger partial charge >= 0.3 is 6.03 Å². The number of amides is 2. The number of hydrogen-bond acceptors (Lipinski definition) is 1. The first-order chi connectivity index (χ1) is 8.94. The Hall–Kier alpha value is -2.23. The van der Waals surface area contributed by atoms with Crippen LogP contribution in [0, 0.1) is 0 Å². The van der Waals surface area contributed by atoms with E-state index in [-0.39, 0.29) is 11.6 Å². The first-order valence-electron chi connectivity index (χ1n) is 6.27. The van der Waals surface area contributed by atoms with E-state index in [0.29, 0.717) is 0 Å². The zero-order chi connectivity index (χ0) is 13.9. The Morgan fingerprint density at radius 2 is 1.63 bits per heavy atom. The fraction of sp³-hybridized carbons (Fsp3) is 0.267. The summed E-state index contributed by atoms with van der Waals surface area (Å²) in [6.07, 6.45) is 3.96.